The number of aromatic hydroxyl groups is 1. The fourth-order valence-electron chi connectivity index (χ4n) is 1.47. The van der Waals surface area contributed by atoms with E-state index in [2.05, 4.69) is 0 Å². The quantitative estimate of drug-likeness (QED) is 0.820. The van der Waals surface area contributed by atoms with Crippen molar-refractivity contribution in [3.63, 3.8) is 0 Å². The first kappa shape index (κ1) is 11.5. The summed E-state index contributed by atoms with van der Waals surface area (Å²) in [6.45, 7) is 0. The Morgan fingerprint density at radius 3 is 2.59 bits per heavy atom. The number of benzene rings is 1. The Balaban J connectivity index is 2.82. The van der Waals surface area contributed by atoms with Gasteiger partial charge < -0.3 is 5.11 Å². The zero-order valence-electron chi connectivity index (χ0n) is 8.92. The van der Waals surface area contributed by atoms with Gasteiger partial charge in [-0.25, -0.2) is 9.36 Å². The van der Waals surface area contributed by atoms with Gasteiger partial charge >= 0.3 is 5.69 Å². The van der Waals surface area contributed by atoms with E-state index in [0.717, 1.165) is 15.2 Å². The van der Waals surface area contributed by atoms with Gasteiger partial charge in [-0.15, -0.1) is 0 Å². The normalized spacial score (nSPS) is 10.5. The molecule has 1 N–H and O–H groups in total. The van der Waals surface area contributed by atoms with Crippen molar-refractivity contribution >= 4 is 11.6 Å². The van der Waals surface area contributed by atoms with Gasteiger partial charge in [0.1, 0.15) is 0 Å². The van der Waals surface area contributed by atoms with E-state index in [4.69, 9.17) is 11.6 Å². The van der Waals surface area contributed by atoms with Crippen LogP contribution < -0.4 is 11.2 Å². The molecule has 0 saturated carbocycles. The molecule has 0 radical (unpaired) electrons. The molecule has 0 aliphatic rings. The van der Waals surface area contributed by atoms with Crippen molar-refractivity contribution in [1.82, 2.24) is 9.13 Å². The van der Waals surface area contributed by atoms with Crippen LogP contribution in [0, 0.1) is 0 Å². The van der Waals surface area contributed by atoms with Gasteiger partial charge in [-0.2, -0.15) is 0 Å². The van der Waals surface area contributed by atoms with Crippen LogP contribution in [-0.4, -0.2) is 14.2 Å². The molecule has 1 aromatic heterocycles. The molecule has 0 bridgehead atoms. The minimum absolute atomic E-state index is 0.364. The summed E-state index contributed by atoms with van der Waals surface area (Å²) in [6, 6.07) is 7.34. The first-order valence-electron chi connectivity index (χ1n) is 4.78. The summed E-state index contributed by atoms with van der Waals surface area (Å²) in [6.07, 6.45) is 0. The molecule has 1 heterocycles. The number of aromatic nitrogens is 2. The van der Waals surface area contributed by atoms with Crippen LogP contribution in [0.15, 0.2) is 39.9 Å². The summed E-state index contributed by atoms with van der Waals surface area (Å²) in [5, 5.41) is 9.75. The number of nitrogens with zero attached hydrogens (tertiary/aromatic N) is 2. The Morgan fingerprint density at radius 1 is 1.24 bits per heavy atom. The van der Waals surface area contributed by atoms with Crippen molar-refractivity contribution in [3.8, 4) is 11.6 Å². The first-order chi connectivity index (χ1) is 8.00. The Hall–Kier alpha value is -2.01. The zero-order chi connectivity index (χ0) is 12.6. The molecule has 0 atom stereocenters. The van der Waals surface area contributed by atoms with E-state index >= 15 is 0 Å². The zero-order valence-corrected chi connectivity index (χ0v) is 9.68. The van der Waals surface area contributed by atoms with E-state index in [1.807, 2.05) is 0 Å². The van der Waals surface area contributed by atoms with E-state index in [9.17, 15) is 14.7 Å². The SMILES string of the molecule is Cn1c(O)cc(=O)n(-c2cccc(Cl)c2)c1=O. The Labute approximate surface area is 101 Å². The average molecular weight is 253 g/mol. The van der Waals surface area contributed by atoms with E-state index in [-0.39, 0.29) is 5.88 Å². The number of halogens is 1. The van der Waals surface area contributed by atoms with Crippen LogP contribution in [0.5, 0.6) is 5.88 Å². The molecule has 88 valence electrons. The van der Waals surface area contributed by atoms with Gasteiger partial charge in [0.15, 0.2) is 5.88 Å². The van der Waals surface area contributed by atoms with Crippen LogP contribution in [0.3, 0.4) is 0 Å². The molecule has 2 rings (SSSR count). The van der Waals surface area contributed by atoms with E-state index < -0.39 is 11.2 Å². The van der Waals surface area contributed by atoms with Gasteiger partial charge in [0.25, 0.3) is 5.56 Å². The molecule has 0 aliphatic heterocycles. The van der Waals surface area contributed by atoms with Crippen molar-refractivity contribution in [2.45, 2.75) is 0 Å². The topological polar surface area (TPSA) is 64.2 Å². The maximum absolute atomic E-state index is 11.8. The summed E-state index contributed by atoms with van der Waals surface area (Å²) in [5.41, 5.74) is -0.867. The third kappa shape index (κ3) is 1.97. The number of rotatable bonds is 1. The summed E-state index contributed by atoms with van der Waals surface area (Å²) in [4.78, 5) is 23.5. The highest BCUT2D eigenvalue weighted by Gasteiger charge is 2.09. The molecule has 0 spiro atoms. The third-order valence-corrected chi connectivity index (χ3v) is 2.60. The van der Waals surface area contributed by atoms with Crippen LogP contribution in [-0.2, 0) is 7.05 Å². The van der Waals surface area contributed by atoms with Crippen LogP contribution in [0.1, 0.15) is 0 Å². The summed E-state index contributed by atoms with van der Waals surface area (Å²) in [5.74, 6) is -0.377. The van der Waals surface area contributed by atoms with Crippen molar-refractivity contribution in [2.75, 3.05) is 0 Å². The Kier molecular flexibility index (Phi) is 2.77. The molecule has 0 aliphatic carbocycles. The maximum atomic E-state index is 11.8. The predicted octanol–water partition coefficient (Wildman–Crippen LogP) is 0.895. The van der Waals surface area contributed by atoms with Crippen molar-refractivity contribution < 1.29 is 5.11 Å². The first-order valence-corrected chi connectivity index (χ1v) is 5.16. The molecule has 1 aromatic carbocycles. The summed E-state index contributed by atoms with van der Waals surface area (Å²) in [7, 11) is 1.37. The lowest BCUT2D eigenvalue weighted by Crippen LogP contribution is -2.36. The van der Waals surface area contributed by atoms with E-state index in [0.29, 0.717) is 10.7 Å². The Morgan fingerprint density at radius 2 is 1.94 bits per heavy atom. The second-order valence-corrected chi connectivity index (χ2v) is 3.93. The fourth-order valence-corrected chi connectivity index (χ4v) is 1.65. The van der Waals surface area contributed by atoms with Crippen LogP contribution in [0.2, 0.25) is 5.02 Å². The third-order valence-electron chi connectivity index (χ3n) is 2.36. The standard InChI is InChI=1S/C11H9ClN2O3/c1-13-9(15)6-10(16)14(11(13)17)8-4-2-3-7(12)5-8/h2-6,15H,1H3. The lowest BCUT2D eigenvalue weighted by atomic mass is 10.3. The number of hydrogen-bond donors (Lipinski definition) is 1. The van der Waals surface area contributed by atoms with Crippen molar-refractivity contribution in [3.05, 3.63) is 56.2 Å². The fraction of sp³-hybridized carbons (Fsp3) is 0.0909. The Bertz CT molecular complexity index is 688. The maximum Gasteiger partial charge on any atom is 0.338 e. The van der Waals surface area contributed by atoms with Crippen LogP contribution in [0.4, 0.5) is 0 Å². The minimum Gasteiger partial charge on any atom is -0.494 e. The molecule has 0 unspecified atom stereocenters. The highest BCUT2D eigenvalue weighted by Crippen LogP contribution is 2.12. The van der Waals surface area contributed by atoms with E-state index in [1.165, 1.54) is 13.1 Å². The van der Waals surface area contributed by atoms with Crippen LogP contribution in [0.25, 0.3) is 5.69 Å². The molecule has 5 nitrogen and oxygen atoms in total. The molecular weight excluding hydrogens is 244 g/mol. The highest BCUT2D eigenvalue weighted by molar-refractivity contribution is 6.30. The predicted molar refractivity (Wildman–Crippen MR) is 64.0 cm³/mol. The molecule has 17 heavy (non-hydrogen) atoms. The van der Waals surface area contributed by atoms with Gasteiger partial charge in [0, 0.05) is 12.1 Å². The molecular formula is C11H9ClN2O3. The lowest BCUT2D eigenvalue weighted by molar-refractivity contribution is 0.414. The molecule has 0 fully saturated rings. The molecule has 0 amide bonds. The second kappa shape index (κ2) is 4.10. The van der Waals surface area contributed by atoms with Gasteiger partial charge in [0.05, 0.1) is 11.8 Å². The molecule has 0 saturated heterocycles. The highest BCUT2D eigenvalue weighted by atomic mass is 35.5. The summed E-state index contributed by atoms with van der Waals surface area (Å²) >= 11 is 5.80. The molecule has 2 aromatic rings. The average Bonchev–Trinajstić information content (AvgIpc) is 2.26. The van der Waals surface area contributed by atoms with Gasteiger partial charge in [-0.05, 0) is 18.2 Å². The van der Waals surface area contributed by atoms with Crippen LogP contribution >= 0.6 is 11.6 Å². The van der Waals surface area contributed by atoms with Gasteiger partial charge in [-0.1, -0.05) is 17.7 Å². The number of hydrogen-bond acceptors (Lipinski definition) is 3. The van der Waals surface area contributed by atoms with Crippen molar-refractivity contribution in [2.24, 2.45) is 7.05 Å². The minimum atomic E-state index is -0.628. The second-order valence-electron chi connectivity index (χ2n) is 3.50. The smallest absolute Gasteiger partial charge is 0.338 e. The van der Waals surface area contributed by atoms with Crippen molar-refractivity contribution in [1.29, 1.82) is 0 Å². The van der Waals surface area contributed by atoms with Gasteiger partial charge in [0.2, 0.25) is 0 Å². The largest absolute Gasteiger partial charge is 0.494 e. The summed E-state index contributed by atoms with van der Waals surface area (Å²) < 4.78 is 1.91. The molecule has 6 heteroatoms. The lowest BCUT2D eigenvalue weighted by Gasteiger charge is -2.08. The van der Waals surface area contributed by atoms with Gasteiger partial charge in [-0.3, -0.25) is 9.36 Å². The monoisotopic (exact) mass is 252 g/mol. The van der Waals surface area contributed by atoms with E-state index in [1.54, 1.807) is 18.2 Å².